The summed E-state index contributed by atoms with van der Waals surface area (Å²) in [7, 11) is 1.38. The van der Waals surface area contributed by atoms with Gasteiger partial charge in [-0.15, -0.1) is 8.78 Å². The molecule has 1 aliphatic carbocycles. The molecule has 3 N–H and O–H groups in total. The number of carbonyl (C=O) groups is 3. The fourth-order valence-electron chi connectivity index (χ4n) is 4.59. The highest BCUT2D eigenvalue weighted by Crippen LogP contribution is 2.47. The van der Waals surface area contributed by atoms with Crippen molar-refractivity contribution < 1.29 is 37.4 Å². The van der Waals surface area contributed by atoms with Gasteiger partial charge in [0.1, 0.15) is 5.71 Å². The third kappa shape index (κ3) is 4.55. The minimum Gasteiger partial charge on any atom is -0.435 e. The van der Waals surface area contributed by atoms with Crippen molar-refractivity contribution in [1.29, 1.82) is 0 Å². The van der Waals surface area contributed by atoms with Crippen molar-refractivity contribution in [3.05, 3.63) is 23.8 Å². The summed E-state index contributed by atoms with van der Waals surface area (Å²) >= 11 is 0. The average molecular weight is 466 g/mol. The predicted octanol–water partition coefficient (Wildman–Crippen LogP) is 2.02. The van der Waals surface area contributed by atoms with E-state index in [4.69, 9.17) is 9.47 Å². The van der Waals surface area contributed by atoms with Crippen LogP contribution in [-0.4, -0.2) is 48.6 Å². The Bertz CT molecular complexity index is 1010. The van der Waals surface area contributed by atoms with E-state index < -0.39 is 29.8 Å². The highest BCUT2D eigenvalue weighted by Gasteiger charge is 2.50. The lowest BCUT2D eigenvalue weighted by Gasteiger charge is -2.42. The zero-order valence-corrected chi connectivity index (χ0v) is 18.1. The fraction of sp³-hybridized carbons (Fsp3) is 0.524. The summed E-state index contributed by atoms with van der Waals surface area (Å²) < 4.78 is 42.3. The van der Waals surface area contributed by atoms with Gasteiger partial charge in [0.25, 0.3) is 0 Å². The molecule has 0 saturated heterocycles. The molecule has 0 bridgehead atoms. The number of hydrogen-bond donors (Lipinski definition) is 3. The third-order valence-corrected chi connectivity index (χ3v) is 6.07. The second kappa shape index (κ2) is 8.49. The Balaban J connectivity index is 1.49. The lowest BCUT2D eigenvalue weighted by molar-refractivity contribution is -0.286. The van der Waals surface area contributed by atoms with Gasteiger partial charge in [0.2, 0.25) is 0 Å². The van der Waals surface area contributed by atoms with Gasteiger partial charge in [-0.05, 0) is 57.1 Å². The largest absolute Gasteiger partial charge is 0.586 e. The van der Waals surface area contributed by atoms with Crippen LogP contribution in [0.1, 0.15) is 44.6 Å². The molecule has 12 heteroatoms. The van der Waals surface area contributed by atoms with Crippen molar-refractivity contribution in [3.8, 4) is 11.5 Å². The molecule has 2 heterocycles. The Hall–Kier alpha value is -3.44. The van der Waals surface area contributed by atoms with Crippen molar-refractivity contribution in [3.63, 3.8) is 0 Å². The number of benzene rings is 1. The SMILES string of the molecule is CNC(=O)C(=O)N[C@@H](C)CC1CCC2(CC1)OC(=O)NN=C2c1cccc2c1OC(F)(F)O2. The van der Waals surface area contributed by atoms with Gasteiger partial charge in [-0.25, -0.2) is 10.2 Å². The summed E-state index contributed by atoms with van der Waals surface area (Å²) in [5.41, 5.74) is 1.70. The summed E-state index contributed by atoms with van der Waals surface area (Å²) in [6.45, 7) is 1.81. The molecule has 0 radical (unpaired) electrons. The highest BCUT2D eigenvalue weighted by molar-refractivity contribution is 6.35. The number of hydrazone groups is 1. The van der Waals surface area contributed by atoms with E-state index in [1.54, 1.807) is 6.07 Å². The Labute approximate surface area is 188 Å². The van der Waals surface area contributed by atoms with E-state index in [9.17, 15) is 23.2 Å². The van der Waals surface area contributed by atoms with Gasteiger partial charge in [-0.1, -0.05) is 6.07 Å². The highest BCUT2D eigenvalue weighted by atomic mass is 19.3. The van der Waals surface area contributed by atoms with E-state index in [0.29, 0.717) is 37.8 Å². The Morgan fingerprint density at radius 1 is 1.21 bits per heavy atom. The average Bonchev–Trinajstić information content (AvgIpc) is 3.09. The van der Waals surface area contributed by atoms with E-state index in [2.05, 4.69) is 25.9 Å². The molecule has 1 aromatic carbocycles. The minimum atomic E-state index is -3.79. The van der Waals surface area contributed by atoms with Crippen LogP contribution < -0.4 is 25.5 Å². The van der Waals surface area contributed by atoms with Gasteiger partial charge >= 0.3 is 24.2 Å². The van der Waals surface area contributed by atoms with Gasteiger partial charge < -0.3 is 24.8 Å². The first-order valence-corrected chi connectivity index (χ1v) is 10.6. The first-order valence-electron chi connectivity index (χ1n) is 10.6. The first kappa shape index (κ1) is 22.7. The molecule has 4 rings (SSSR count). The molecule has 2 aliphatic heterocycles. The number of nitrogens with zero attached hydrogens (tertiary/aromatic N) is 1. The Kier molecular flexibility index (Phi) is 5.85. The van der Waals surface area contributed by atoms with Crippen LogP contribution in [0, 0.1) is 5.92 Å². The second-order valence-electron chi connectivity index (χ2n) is 8.39. The van der Waals surface area contributed by atoms with Gasteiger partial charge in [-0.2, -0.15) is 5.10 Å². The quantitative estimate of drug-likeness (QED) is 0.583. The normalized spacial score (nSPS) is 26.0. The van der Waals surface area contributed by atoms with Crippen LogP contribution >= 0.6 is 0 Å². The van der Waals surface area contributed by atoms with Crippen LogP contribution in [0.5, 0.6) is 11.5 Å². The molecular weight excluding hydrogens is 442 g/mol. The Morgan fingerprint density at radius 3 is 2.64 bits per heavy atom. The van der Waals surface area contributed by atoms with Crippen LogP contribution in [0.15, 0.2) is 23.3 Å². The number of para-hydroxylation sites is 1. The summed E-state index contributed by atoms with van der Waals surface area (Å²) in [5.74, 6) is -1.50. The molecular formula is C21H24F2N4O6. The summed E-state index contributed by atoms with van der Waals surface area (Å²) in [6, 6.07) is 4.23. The van der Waals surface area contributed by atoms with E-state index >= 15 is 0 Å². The maximum atomic E-state index is 13.7. The molecule has 33 heavy (non-hydrogen) atoms. The van der Waals surface area contributed by atoms with Gasteiger partial charge in [0.05, 0.1) is 0 Å². The maximum Gasteiger partial charge on any atom is 0.586 e. The number of carbonyl (C=O) groups excluding carboxylic acids is 3. The number of ether oxygens (including phenoxy) is 3. The van der Waals surface area contributed by atoms with Crippen LogP contribution in [-0.2, 0) is 14.3 Å². The van der Waals surface area contributed by atoms with Gasteiger partial charge in [-0.3, -0.25) is 9.59 Å². The molecule has 1 aromatic rings. The van der Waals surface area contributed by atoms with Crippen LogP contribution in [0.4, 0.5) is 13.6 Å². The summed E-state index contributed by atoms with van der Waals surface area (Å²) in [5, 5.41) is 9.08. The van der Waals surface area contributed by atoms with Gasteiger partial charge in [0.15, 0.2) is 17.1 Å². The molecule has 1 fully saturated rings. The van der Waals surface area contributed by atoms with E-state index in [1.807, 2.05) is 6.92 Å². The topological polar surface area (TPSA) is 127 Å². The molecule has 3 aliphatic rings. The van der Waals surface area contributed by atoms with E-state index in [-0.39, 0.29) is 29.0 Å². The van der Waals surface area contributed by atoms with Crippen molar-refractivity contribution in [2.24, 2.45) is 11.0 Å². The third-order valence-electron chi connectivity index (χ3n) is 6.07. The zero-order chi connectivity index (χ0) is 23.8. The molecule has 10 nitrogen and oxygen atoms in total. The number of rotatable bonds is 4. The molecule has 3 amide bonds. The summed E-state index contributed by atoms with van der Waals surface area (Å²) in [4.78, 5) is 35.2. The Morgan fingerprint density at radius 2 is 1.94 bits per heavy atom. The van der Waals surface area contributed by atoms with Crippen molar-refractivity contribution in [2.75, 3.05) is 7.05 Å². The molecule has 178 valence electrons. The number of hydrogen-bond acceptors (Lipinski definition) is 7. The number of halogens is 2. The fourth-order valence-corrected chi connectivity index (χ4v) is 4.59. The minimum absolute atomic E-state index is 0.124. The molecule has 0 aromatic heterocycles. The number of amides is 3. The van der Waals surface area contributed by atoms with Gasteiger partial charge in [0, 0.05) is 18.7 Å². The van der Waals surface area contributed by atoms with Crippen molar-refractivity contribution in [1.82, 2.24) is 16.1 Å². The number of likely N-dealkylation sites (N-methyl/N-ethyl adjacent to an activating group) is 1. The van der Waals surface area contributed by atoms with Crippen molar-refractivity contribution >= 4 is 23.6 Å². The van der Waals surface area contributed by atoms with Crippen LogP contribution in [0.2, 0.25) is 0 Å². The number of alkyl halides is 2. The monoisotopic (exact) mass is 466 g/mol. The standard InChI is InChI=1S/C21H24F2N4O6/c1-11(25-18(29)17(28)24-2)10-12-6-8-20(9-7-12)16(26-27-19(30)33-20)13-4-3-5-14-15(13)32-21(22,23)31-14/h3-5,11-12H,6-10H2,1-2H3,(H,24,28)(H,25,29)(H,27,30)/t11-,12?,20?/m0/s1. The zero-order valence-electron chi connectivity index (χ0n) is 18.1. The van der Waals surface area contributed by atoms with E-state index in [1.165, 1.54) is 19.2 Å². The smallest absolute Gasteiger partial charge is 0.435 e. The molecule has 0 unspecified atom stereocenters. The number of fused-ring (bicyclic) bond motifs is 1. The first-order chi connectivity index (χ1) is 15.6. The van der Waals surface area contributed by atoms with Crippen molar-refractivity contribution in [2.45, 2.75) is 57.0 Å². The molecule has 1 atom stereocenters. The number of nitrogens with one attached hydrogen (secondary N) is 3. The molecule has 1 saturated carbocycles. The van der Waals surface area contributed by atoms with E-state index in [0.717, 1.165) is 0 Å². The molecule has 1 spiro atoms. The maximum absolute atomic E-state index is 13.7. The summed E-state index contributed by atoms with van der Waals surface area (Å²) in [6.07, 6.45) is -1.82. The second-order valence-corrected chi connectivity index (χ2v) is 8.39. The lowest BCUT2D eigenvalue weighted by Crippen LogP contribution is -2.52. The van der Waals surface area contributed by atoms with Crippen LogP contribution in [0.25, 0.3) is 0 Å². The lowest BCUT2D eigenvalue weighted by atomic mass is 9.72. The predicted molar refractivity (Wildman–Crippen MR) is 110 cm³/mol. The van der Waals surface area contributed by atoms with Crippen LogP contribution in [0.3, 0.4) is 0 Å².